The second kappa shape index (κ2) is 4.86. The highest BCUT2D eigenvalue weighted by molar-refractivity contribution is 5.75. The molecular weight excluding hydrogens is 208 g/mol. The number of hydrogen-bond acceptors (Lipinski definition) is 7. The molecule has 7 heteroatoms. The molecule has 4 N–H and O–H groups in total. The monoisotopic (exact) mass is 222 g/mol. The first kappa shape index (κ1) is 12.3. The maximum Gasteiger partial charge on any atom is 0.337 e. The van der Waals surface area contributed by atoms with Crippen LogP contribution in [0.25, 0.3) is 0 Å². The van der Waals surface area contributed by atoms with Gasteiger partial charge in [0.2, 0.25) is 0 Å². The van der Waals surface area contributed by atoms with Gasteiger partial charge in [-0.15, -0.1) is 0 Å². The van der Waals surface area contributed by atoms with Crippen molar-refractivity contribution in [3.8, 4) is 0 Å². The van der Waals surface area contributed by atoms with Crippen molar-refractivity contribution in [1.82, 2.24) is 0 Å². The number of aliphatic hydroxyl groups excluding tert-OH is 4. The summed E-state index contributed by atoms with van der Waals surface area (Å²) in [5.74, 6) is -0.869. The van der Waals surface area contributed by atoms with Crippen LogP contribution in [0.3, 0.4) is 0 Å². The van der Waals surface area contributed by atoms with Crippen LogP contribution in [0.5, 0.6) is 0 Å². The van der Waals surface area contributed by atoms with Crippen LogP contribution in [-0.2, 0) is 14.3 Å². The minimum Gasteiger partial charge on any atom is -0.467 e. The molecule has 1 saturated heterocycles. The molecule has 0 saturated carbocycles. The zero-order valence-corrected chi connectivity index (χ0v) is 8.11. The summed E-state index contributed by atoms with van der Waals surface area (Å²) in [6, 6.07) is 0. The number of carbonyl (C=O) groups excluding carboxylic acids is 1. The summed E-state index contributed by atoms with van der Waals surface area (Å²) in [6.45, 7) is -0.571. The van der Waals surface area contributed by atoms with Gasteiger partial charge >= 0.3 is 5.97 Å². The Balaban J connectivity index is 2.78. The molecule has 88 valence electrons. The highest BCUT2D eigenvalue weighted by atomic mass is 16.6. The normalized spacial score (nSPS) is 41.3. The molecule has 0 aliphatic carbocycles. The number of carbonyl (C=O) groups is 1. The maximum atomic E-state index is 11.1. The van der Waals surface area contributed by atoms with Crippen molar-refractivity contribution in [1.29, 1.82) is 0 Å². The van der Waals surface area contributed by atoms with Crippen molar-refractivity contribution < 1.29 is 34.7 Å². The van der Waals surface area contributed by atoms with Crippen molar-refractivity contribution >= 4 is 5.97 Å². The second-order valence-electron chi connectivity index (χ2n) is 3.27. The van der Waals surface area contributed by atoms with Crippen molar-refractivity contribution in [2.75, 3.05) is 13.7 Å². The zero-order chi connectivity index (χ0) is 11.6. The van der Waals surface area contributed by atoms with Crippen LogP contribution in [0.4, 0.5) is 0 Å². The van der Waals surface area contributed by atoms with Gasteiger partial charge in [0.05, 0.1) is 13.7 Å². The SMILES string of the molecule is COC(=O)[C@@H]1O[C@H](CO)[C@@H](O)[C@@H](O)[C@H]1O. The zero-order valence-electron chi connectivity index (χ0n) is 8.11. The molecule has 1 rings (SSSR count). The summed E-state index contributed by atoms with van der Waals surface area (Å²) in [6.07, 6.45) is -7.08. The average molecular weight is 222 g/mol. The van der Waals surface area contributed by atoms with Crippen LogP contribution in [0, 0.1) is 0 Å². The highest BCUT2D eigenvalue weighted by Crippen LogP contribution is 2.21. The molecule has 0 aromatic rings. The second-order valence-corrected chi connectivity index (χ2v) is 3.27. The number of aliphatic hydroxyl groups is 4. The number of esters is 1. The minimum atomic E-state index is -1.57. The predicted octanol–water partition coefficient (Wildman–Crippen LogP) is -3.00. The van der Waals surface area contributed by atoms with E-state index in [-0.39, 0.29) is 0 Å². The molecular formula is C8H14O7. The van der Waals surface area contributed by atoms with Gasteiger partial charge in [-0.3, -0.25) is 0 Å². The van der Waals surface area contributed by atoms with Crippen LogP contribution in [0.15, 0.2) is 0 Å². The third-order valence-electron chi connectivity index (χ3n) is 2.33. The van der Waals surface area contributed by atoms with Gasteiger partial charge in [-0.1, -0.05) is 0 Å². The lowest BCUT2D eigenvalue weighted by atomic mass is 9.95. The topological polar surface area (TPSA) is 116 Å². The summed E-state index contributed by atoms with van der Waals surface area (Å²) in [7, 11) is 1.10. The fraction of sp³-hybridized carbons (Fsp3) is 0.875. The molecule has 1 aliphatic heterocycles. The Hall–Kier alpha value is -0.730. The van der Waals surface area contributed by atoms with Gasteiger partial charge in [0.1, 0.15) is 24.4 Å². The number of rotatable bonds is 2. The lowest BCUT2D eigenvalue weighted by Gasteiger charge is -2.38. The van der Waals surface area contributed by atoms with E-state index in [1.165, 1.54) is 0 Å². The Kier molecular flexibility index (Phi) is 4.00. The quantitative estimate of drug-likeness (QED) is 0.368. The molecule has 0 radical (unpaired) electrons. The predicted molar refractivity (Wildman–Crippen MR) is 45.8 cm³/mol. The molecule has 1 aliphatic rings. The first-order valence-electron chi connectivity index (χ1n) is 4.41. The van der Waals surface area contributed by atoms with E-state index in [9.17, 15) is 20.1 Å². The van der Waals surface area contributed by atoms with Crippen LogP contribution < -0.4 is 0 Å². The van der Waals surface area contributed by atoms with E-state index < -0.39 is 43.1 Å². The third kappa shape index (κ3) is 2.27. The van der Waals surface area contributed by atoms with Gasteiger partial charge < -0.3 is 29.9 Å². The van der Waals surface area contributed by atoms with Crippen molar-refractivity contribution in [2.24, 2.45) is 0 Å². The van der Waals surface area contributed by atoms with Crippen molar-refractivity contribution in [2.45, 2.75) is 30.5 Å². The van der Waals surface area contributed by atoms with Crippen molar-refractivity contribution in [3.63, 3.8) is 0 Å². The fourth-order valence-electron chi connectivity index (χ4n) is 1.41. The molecule has 0 bridgehead atoms. The van der Waals surface area contributed by atoms with Gasteiger partial charge in [0, 0.05) is 0 Å². The van der Waals surface area contributed by atoms with Gasteiger partial charge in [0.25, 0.3) is 0 Å². The summed E-state index contributed by atoms with van der Waals surface area (Å²) < 4.78 is 9.24. The van der Waals surface area contributed by atoms with Gasteiger partial charge in [-0.25, -0.2) is 4.79 Å². The summed E-state index contributed by atoms with van der Waals surface area (Å²) in [5, 5.41) is 36.9. The lowest BCUT2D eigenvalue weighted by molar-refractivity contribution is -0.234. The van der Waals surface area contributed by atoms with E-state index in [1.807, 2.05) is 0 Å². The molecule has 5 atom stereocenters. The lowest BCUT2D eigenvalue weighted by Crippen LogP contribution is -2.60. The van der Waals surface area contributed by atoms with E-state index in [2.05, 4.69) is 4.74 Å². The van der Waals surface area contributed by atoms with Crippen molar-refractivity contribution in [3.05, 3.63) is 0 Å². The highest BCUT2D eigenvalue weighted by Gasteiger charge is 2.46. The van der Waals surface area contributed by atoms with Crippen LogP contribution in [0.2, 0.25) is 0 Å². The maximum absolute atomic E-state index is 11.1. The van der Waals surface area contributed by atoms with E-state index in [1.54, 1.807) is 0 Å². The van der Waals surface area contributed by atoms with E-state index in [0.717, 1.165) is 7.11 Å². The fourth-order valence-corrected chi connectivity index (χ4v) is 1.41. The molecule has 0 spiro atoms. The molecule has 7 nitrogen and oxygen atoms in total. The standard InChI is InChI=1S/C8H14O7/c1-14-8(13)7-6(12)5(11)4(10)3(2-9)15-7/h3-7,9-12H,2H2,1H3/t3-,4-,5-,6-,7-/m1/s1. The Morgan fingerprint density at radius 2 is 1.87 bits per heavy atom. The van der Waals surface area contributed by atoms with Gasteiger partial charge in [0.15, 0.2) is 6.10 Å². The van der Waals surface area contributed by atoms with Crippen LogP contribution >= 0.6 is 0 Å². The number of methoxy groups -OCH3 is 1. The Labute approximate surface area is 85.9 Å². The first-order chi connectivity index (χ1) is 7.02. The minimum absolute atomic E-state index is 0.571. The van der Waals surface area contributed by atoms with E-state index in [0.29, 0.717) is 0 Å². The molecule has 1 heterocycles. The Morgan fingerprint density at radius 3 is 2.33 bits per heavy atom. The summed E-state index contributed by atoms with van der Waals surface area (Å²) in [5.41, 5.74) is 0. The molecule has 0 aromatic heterocycles. The Morgan fingerprint density at radius 1 is 1.27 bits per heavy atom. The first-order valence-corrected chi connectivity index (χ1v) is 4.41. The molecule has 15 heavy (non-hydrogen) atoms. The number of hydrogen-bond donors (Lipinski definition) is 4. The Bertz CT molecular complexity index is 229. The van der Waals surface area contributed by atoms with E-state index >= 15 is 0 Å². The third-order valence-corrected chi connectivity index (χ3v) is 2.33. The molecule has 1 fully saturated rings. The van der Waals surface area contributed by atoms with Gasteiger partial charge in [-0.05, 0) is 0 Å². The molecule has 0 aromatic carbocycles. The average Bonchev–Trinajstić information content (AvgIpc) is 2.25. The number of ether oxygens (including phenoxy) is 2. The summed E-state index contributed by atoms with van der Waals surface area (Å²) >= 11 is 0. The molecule has 0 amide bonds. The van der Waals surface area contributed by atoms with E-state index in [4.69, 9.17) is 9.84 Å². The van der Waals surface area contributed by atoms with Crippen LogP contribution in [0.1, 0.15) is 0 Å². The smallest absolute Gasteiger partial charge is 0.337 e. The van der Waals surface area contributed by atoms with Gasteiger partial charge in [-0.2, -0.15) is 0 Å². The van der Waals surface area contributed by atoms with Crippen LogP contribution in [-0.4, -0.2) is 70.6 Å². The molecule has 0 unspecified atom stereocenters. The largest absolute Gasteiger partial charge is 0.467 e. The summed E-state index contributed by atoms with van der Waals surface area (Å²) in [4.78, 5) is 11.1.